The highest BCUT2D eigenvalue weighted by Crippen LogP contribution is 2.28. The number of carbonyl (C=O) groups is 1. The van der Waals surface area contributed by atoms with Gasteiger partial charge in [0.1, 0.15) is 0 Å². The summed E-state index contributed by atoms with van der Waals surface area (Å²) in [6.45, 7) is 0.409. The molecule has 0 saturated heterocycles. The first-order chi connectivity index (χ1) is 10.1. The molecule has 6 heteroatoms. The molecule has 0 aliphatic carbocycles. The third-order valence-corrected chi connectivity index (χ3v) is 3.73. The molecule has 1 amide bonds. The van der Waals surface area contributed by atoms with Crippen molar-refractivity contribution in [1.29, 1.82) is 0 Å². The fourth-order valence-corrected chi connectivity index (χ4v) is 2.54. The summed E-state index contributed by atoms with van der Waals surface area (Å²) in [5.41, 5.74) is 2.47. The molecule has 0 bridgehead atoms. The zero-order chi connectivity index (χ0) is 14.8. The van der Waals surface area contributed by atoms with Gasteiger partial charge in [-0.25, -0.2) is 5.01 Å². The van der Waals surface area contributed by atoms with Crippen molar-refractivity contribution in [3.63, 3.8) is 0 Å². The molecule has 1 unspecified atom stereocenters. The van der Waals surface area contributed by atoms with Crippen LogP contribution < -0.4 is 0 Å². The van der Waals surface area contributed by atoms with E-state index in [-0.39, 0.29) is 5.92 Å². The number of halogens is 2. The predicted molar refractivity (Wildman–Crippen MR) is 82.9 cm³/mol. The van der Waals surface area contributed by atoms with Crippen LogP contribution in [0.4, 0.5) is 4.79 Å². The summed E-state index contributed by atoms with van der Waals surface area (Å²) < 4.78 is 0. The van der Waals surface area contributed by atoms with Gasteiger partial charge < -0.3 is 0 Å². The Morgan fingerprint density at radius 2 is 1.95 bits per heavy atom. The summed E-state index contributed by atoms with van der Waals surface area (Å²) in [5.74, 6) is -0.0532. The molecule has 2 heterocycles. The van der Waals surface area contributed by atoms with E-state index in [9.17, 15) is 4.79 Å². The Hall–Kier alpha value is -1.91. The molecule has 1 aromatic carbocycles. The summed E-state index contributed by atoms with van der Waals surface area (Å²) in [7, 11) is 0. The van der Waals surface area contributed by atoms with Crippen LogP contribution in [0.1, 0.15) is 17.2 Å². The van der Waals surface area contributed by atoms with Gasteiger partial charge in [0.05, 0.1) is 28.9 Å². The van der Waals surface area contributed by atoms with Crippen LogP contribution in [0.5, 0.6) is 0 Å². The van der Waals surface area contributed by atoms with Gasteiger partial charge in [0, 0.05) is 6.20 Å². The SMILES string of the molecule is O=C(Cl)N1CC(c2ccccc2)C(c2ccc(Cl)cn2)=N1. The van der Waals surface area contributed by atoms with Gasteiger partial charge in [0.25, 0.3) is 0 Å². The van der Waals surface area contributed by atoms with Gasteiger partial charge in [-0.15, -0.1) is 0 Å². The average molecular weight is 320 g/mol. The van der Waals surface area contributed by atoms with Gasteiger partial charge >= 0.3 is 5.37 Å². The molecule has 0 saturated carbocycles. The van der Waals surface area contributed by atoms with E-state index in [1.165, 1.54) is 5.01 Å². The van der Waals surface area contributed by atoms with Crippen LogP contribution in [0.3, 0.4) is 0 Å². The van der Waals surface area contributed by atoms with E-state index in [0.717, 1.165) is 5.56 Å². The summed E-state index contributed by atoms with van der Waals surface area (Å²) in [5, 5.41) is 5.52. The average Bonchev–Trinajstić information content (AvgIpc) is 2.94. The number of carbonyl (C=O) groups excluding carboxylic acids is 1. The minimum absolute atomic E-state index is 0.0532. The van der Waals surface area contributed by atoms with E-state index in [2.05, 4.69) is 10.1 Å². The molecule has 3 rings (SSSR count). The first kappa shape index (κ1) is 14.0. The van der Waals surface area contributed by atoms with Crippen LogP contribution in [-0.4, -0.2) is 27.6 Å². The normalized spacial score (nSPS) is 17.7. The van der Waals surface area contributed by atoms with Gasteiger partial charge in [-0.05, 0) is 29.3 Å². The Morgan fingerprint density at radius 3 is 2.57 bits per heavy atom. The third kappa shape index (κ3) is 2.91. The molecule has 0 N–H and O–H groups in total. The molecule has 1 atom stereocenters. The van der Waals surface area contributed by atoms with Crippen molar-refractivity contribution in [3.8, 4) is 0 Å². The largest absolute Gasteiger partial charge is 0.336 e. The topological polar surface area (TPSA) is 45.6 Å². The molecule has 1 aliphatic heterocycles. The van der Waals surface area contributed by atoms with E-state index in [1.807, 2.05) is 30.3 Å². The second kappa shape index (κ2) is 5.84. The number of amides is 1. The molecule has 0 spiro atoms. The zero-order valence-corrected chi connectivity index (χ0v) is 12.4. The molecule has 4 nitrogen and oxygen atoms in total. The molecule has 0 radical (unpaired) electrons. The van der Waals surface area contributed by atoms with Crippen molar-refractivity contribution in [3.05, 3.63) is 64.9 Å². The fraction of sp³-hybridized carbons (Fsp3) is 0.133. The monoisotopic (exact) mass is 319 g/mol. The number of hydrogen-bond donors (Lipinski definition) is 0. The van der Waals surface area contributed by atoms with Crippen molar-refractivity contribution in [2.75, 3.05) is 6.54 Å². The predicted octanol–water partition coefficient (Wildman–Crippen LogP) is 3.90. The van der Waals surface area contributed by atoms with Crippen molar-refractivity contribution in [2.24, 2.45) is 5.10 Å². The van der Waals surface area contributed by atoms with Crippen LogP contribution in [0.2, 0.25) is 5.02 Å². The number of aromatic nitrogens is 1. The van der Waals surface area contributed by atoms with Gasteiger partial charge in [-0.3, -0.25) is 9.78 Å². The highest BCUT2D eigenvalue weighted by molar-refractivity contribution is 6.62. The number of benzene rings is 1. The lowest BCUT2D eigenvalue weighted by atomic mass is 9.93. The molecule has 21 heavy (non-hydrogen) atoms. The Bertz CT molecular complexity index is 686. The van der Waals surface area contributed by atoms with E-state index in [0.29, 0.717) is 23.0 Å². The van der Waals surface area contributed by atoms with Gasteiger partial charge in [0.15, 0.2) is 0 Å². The third-order valence-electron chi connectivity index (χ3n) is 3.31. The number of hydrogen-bond acceptors (Lipinski definition) is 3. The fourth-order valence-electron chi connectivity index (χ4n) is 2.32. The summed E-state index contributed by atoms with van der Waals surface area (Å²) >= 11 is 11.4. The zero-order valence-electron chi connectivity index (χ0n) is 10.9. The summed E-state index contributed by atoms with van der Waals surface area (Å²) in [6, 6.07) is 13.4. The maximum atomic E-state index is 11.4. The van der Waals surface area contributed by atoms with Gasteiger partial charge in [-0.1, -0.05) is 41.9 Å². The van der Waals surface area contributed by atoms with Crippen LogP contribution >= 0.6 is 23.2 Å². The second-order valence-corrected chi connectivity index (χ2v) is 5.41. The lowest BCUT2D eigenvalue weighted by Crippen LogP contribution is -2.20. The first-order valence-corrected chi connectivity index (χ1v) is 7.13. The Labute approximate surface area is 132 Å². The Balaban J connectivity index is 2.01. The Kier molecular flexibility index (Phi) is 3.90. The lowest BCUT2D eigenvalue weighted by molar-refractivity contribution is 0.228. The molecule has 2 aromatic rings. The van der Waals surface area contributed by atoms with E-state index < -0.39 is 5.37 Å². The number of rotatable bonds is 2. The maximum absolute atomic E-state index is 11.4. The molecular weight excluding hydrogens is 309 g/mol. The van der Waals surface area contributed by atoms with Crippen molar-refractivity contribution >= 4 is 34.3 Å². The first-order valence-electron chi connectivity index (χ1n) is 6.37. The minimum Gasteiger partial charge on any atom is -0.253 e. The Morgan fingerprint density at radius 1 is 1.19 bits per heavy atom. The van der Waals surface area contributed by atoms with E-state index in [1.54, 1.807) is 18.3 Å². The smallest absolute Gasteiger partial charge is 0.253 e. The van der Waals surface area contributed by atoms with Crippen LogP contribution in [0, 0.1) is 0 Å². The van der Waals surface area contributed by atoms with Crippen LogP contribution in [-0.2, 0) is 0 Å². The number of hydrazone groups is 1. The van der Waals surface area contributed by atoms with E-state index in [4.69, 9.17) is 23.2 Å². The number of nitrogens with zero attached hydrogens (tertiary/aromatic N) is 3. The summed E-state index contributed by atoms with van der Waals surface area (Å²) in [6.07, 6.45) is 1.56. The molecule has 1 aliphatic rings. The molecular formula is C15H11Cl2N3O. The molecule has 1 aromatic heterocycles. The highest BCUT2D eigenvalue weighted by atomic mass is 35.5. The van der Waals surface area contributed by atoms with Crippen molar-refractivity contribution < 1.29 is 4.79 Å². The molecule has 0 fully saturated rings. The number of pyridine rings is 1. The summed E-state index contributed by atoms with van der Waals surface area (Å²) in [4.78, 5) is 15.7. The second-order valence-electron chi connectivity index (χ2n) is 4.65. The van der Waals surface area contributed by atoms with Gasteiger partial charge in [-0.2, -0.15) is 5.10 Å². The standard InChI is InChI=1S/C15H11Cl2N3O/c16-11-6-7-13(18-8-11)14-12(9-20(19-14)15(17)21)10-4-2-1-3-5-10/h1-8,12H,9H2. The quantitative estimate of drug-likeness (QED) is 0.622. The van der Waals surface area contributed by atoms with Crippen molar-refractivity contribution in [1.82, 2.24) is 9.99 Å². The lowest BCUT2D eigenvalue weighted by Gasteiger charge is -2.13. The van der Waals surface area contributed by atoms with E-state index >= 15 is 0 Å². The minimum atomic E-state index is -0.597. The van der Waals surface area contributed by atoms with Crippen molar-refractivity contribution in [2.45, 2.75) is 5.92 Å². The molecule has 106 valence electrons. The van der Waals surface area contributed by atoms with Crippen LogP contribution in [0.25, 0.3) is 0 Å². The maximum Gasteiger partial charge on any atom is 0.336 e. The van der Waals surface area contributed by atoms with Crippen LogP contribution in [0.15, 0.2) is 53.8 Å². The van der Waals surface area contributed by atoms with Gasteiger partial charge in [0.2, 0.25) is 0 Å². The highest BCUT2D eigenvalue weighted by Gasteiger charge is 2.32.